The smallest absolute Gasteiger partial charge is 0.261 e. The van der Waals surface area contributed by atoms with Crippen molar-refractivity contribution in [1.29, 1.82) is 0 Å². The van der Waals surface area contributed by atoms with Crippen molar-refractivity contribution in [2.24, 2.45) is 91.2 Å². The Morgan fingerprint density at radius 2 is 0.959 bits per heavy atom. The standard InChI is InChI=1S/C55H80N16O11.C42H72N14O10/c1-7-32(4)47(58)53(80)64-40(10-8-9-17-56)55(82)70-20-18-69(19-21-70)36-13-16-39-38(25-36)54(81)71(30-62-39)28-46(74)63-33(5)48(75)65-43(24-35-27-60-29-61-35)52(79)67-42(23-34-11-14-37(72)15-12-34)51(78)66-41(22-31(2)3)50(77)68-44(26-45(57)73)49(76)59-6;1-21(2)19-23(5)35(61)55-32(22(3)4)39(65)56-33(24(6)57)40(66)53-28(10-8-18-50-42(47)48)36(62)52-29(15-16-31(43)59)38(64)51-27(9-7-17-49-41(45)46)37(63)54-30(34(44)60)20-25-11-13-26(58)14-12-25/h11-16,25,27,29-33,40-44,47,72H,7-10,17-24,26,28,56,58H2,1-6H3,(H2,57,73)(H,59,76)(H,60,61)(H,63,74)(H,64,80)(H,65,75)(H,66,78)(H,67,79)(H,68,77);11-14,21-24,27-30,32-33,57-58H,7-10,15-20H2,1-6H3,(H2,43,59)(H2,44,60)(H,51,64)(H,52,62)(H,53,66)(H,54,63)(H,55,61)(H,56,65)(H4,45,46,49)(H4,47,48,50)/t32-,33-,40-,41-,42-,43-,44-,47-;23-,24+,27-,28-,29-,30-,32-,33-/m00/s1. The lowest BCUT2D eigenvalue weighted by molar-refractivity contribution is -0.137. The number of phenolic OH excluding ortho intramolecular Hbond substituents is 2. The molecule has 148 heavy (non-hydrogen) atoms. The van der Waals surface area contributed by atoms with Crippen LogP contribution in [0.1, 0.15) is 176 Å². The quantitative estimate of drug-likeness (QED) is 0.00981. The highest BCUT2D eigenvalue weighted by Crippen LogP contribution is 2.24. The second-order valence-electron chi connectivity index (χ2n) is 38.0. The summed E-state index contributed by atoms with van der Waals surface area (Å²) in [5, 5.41) is 64.1. The lowest BCUT2D eigenvalue weighted by Crippen LogP contribution is -2.61. The molecule has 1 fully saturated rings. The number of phenols is 2. The number of nitrogens with one attached hydrogen (secondary N) is 14. The van der Waals surface area contributed by atoms with E-state index in [1.54, 1.807) is 51.7 Å². The molecule has 17 amide bonds. The highest BCUT2D eigenvalue weighted by atomic mass is 16.3. The molecule has 2 aromatic heterocycles. The van der Waals surface area contributed by atoms with Gasteiger partial charge < -0.3 is 151 Å². The largest absolute Gasteiger partial charge is 0.508 e. The van der Waals surface area contributed by atoms with Crippen LogP contribution in [0, 0.1) is 29.6 Å². The number of fused-ring (bicyclic) bond motifs is 1. The maximum absolute atomic E-state index is 14.3. The van der Waals surface area contributed by atoms with E-state index >= 15 is 0 Å². The summed E-state index contributed by atoms with van der Waals surface area (Å²) in [6, 6.07) is 0.214. The summed E-state index contributed by atoms with van der Waals surface area (Å²) in [6.07, 6.45) is 3.89. The third-order valence-electron chi connectivity index (χ3n) is 24.3. The summed E-state index contributed by atoms with van der Waals surface area (Å²) < 4.78 is 1.10. The third-order valence-corrected chi connectivity index (χ3v) is 24.3. The molecule has 0 radical (unpaired) electrons. The zero-order valence-corrected chi connectivity index (χ0v) is 86.0. The van der Waals surface area contributed by atoms with Gasteiger partial charge in [0.2, 0.25) is 100 Å². The average Bonchev–Trinajstić information content (AvgIpc) is 0.832. The number of imidazole rings is 1. The van der Waals surface area contributed by atoms with E-state index in [9.17, 15) is 102 Å². The number of anilines is 1. The number of hydrogen-bond donors (Lipinski definition) is 26. The normalized spacial score (nSPS) is 15.1. The van der Waals surface area contributed by atoms with Gasteiger partial charge in [-0.05, 0) is 162 Å². The number of aromatic amines is 1. The number of aliphatic hydroxyl groups is 1. The Kier molecular flexibility index (Phi) is 51.6. The number of rotatable bonds is 60. The summed E-state index contributed by atoms with van der Waals surface area (Å²) in [6.45, 7) is 20.6. The van der Waals surface area contributed by atoms with Gasteiger partial charge in [0.25, 0.3) is 5.56 Å². The van der Waals surface area contributed by atoms with Crippen LogP contribution < -0.4 is 131 Å². The number of carbonyl (C=O) groups excluding carboxylic acids is 17. The van der Waals surface area contributed by atoms with Crippen molar-refractivity contribution in [3.63, 3.8) is 0 Å². The van der Waals surface area contributed by atoms with Gasteiger partial charge in [0.15, 0.2) is 11.9 Å². The summed E-state index contributed by atoms with van der Waals surface area (Å²) in [5.74, 6) is -14.3. The number of aromatic nitrogens is 4. The topological polar surface area (TPSA) is 836 Å². The van der Waals surface area contributed by atoms with E-state index in [-0.39, 0.29) is 135 Å². The van der Waals surface area contributed by atoms with Gasteiger partial charge in [0.05, 0.1) is 42.1 Å². The molecule has 816 valence electrons. The van der Waals surface area contributed by atoms with E-state index in [2.05, 4.69) is 94.1 Å². The van der Waals surface area contributed by atoms with Gasteiger partial charge in [-0.15, -0.1) is 0 Å². The maximum atomic E-state index is 14.3. The number of unbranched alkanes of at least 4 members (excludes halogenated alkanes) is 1. The zero-order valence-electron chi connectivity index (χ0n) is 86.0. The van der Waals surface area contributed by atoms with Crippen LogP contribution in [0.3, 0.4) is 0 Å². The molecule has 35 N–H and O–H groups in total. The number of aromatic hydroxyl groups is 2. The lowest BCUT2D eigenvalue weighted by Gasteiger charge is -2.38. The van der Waals surface area contributed by atoms with E-state index in [1.807, 2.05) is 38.7 Å². The fourth-order valence-electron chi connectivity index (χ4n) is 15.8. The maximum Gasteiger partial charge on any atom is 0.261 e. The highest BCUT2D eigenvalue weighted by Gasteiger charge is 2.40. The van der Waals surface area contributed by atoms with Crippen LogP contribution in [0.5, 0.6) is 11.5 Å². The van der Waals surface area contributed by atoms with E-state index < -0.39 is 204 Å². The Labute approximate surface area is 858 Å². The first-order chi connectivity index (χ1) is 69.8. The van der Waals surface area contributed by atoms with Gasteiger partial charge in [-0.2, -0.15) is 0 Å². The van der Waals surface area contributed by atoms with Crippen molar-refractivity contribution < 1.29 is 96.8 Å². The molecule has 6 rings (SSSR count). The number of H-pyrrole nitrogens is 1. The number of aliphatic imine (C=N–C) groups is 2. The van der Waals surface area contributed by atoms with Gasteiger partial charge in [0.1, 0.15) is 90.5 Å². The molecule has 51 nitrogen and oxygen atoms in total. The molecule has 3 aromatic carbocycles. The minimum atomic E-state index is -1.64. The predicted octanol–water partition coefficient (Wildman–Crippen LogP) is -5.52. The summed E-state index contributed by atoms with van der Waals surface area (Å²) in [4.78, 5) is 264. The monoisotopic (exact) mass is 2070 g/mol. The van der Waals surface area contributed by atoms with E-state index in [4.69, 9.17) is 51.6 Å². The molecule has 3 heterocycles. The Morgan fingerprint density at radius 1 is 0.486 bits per heavy atom. The number of primary amides is 3. The van der Waals surface area contributed by atoms with E-state index in [0.717, 1.165) is 4.57 Å². The van der Waals surface area contributed by atoms with Crippen LogP contribution >= 0.6 is 0 Å². The molecule has 5 aromatic rings. The number of amides is 17. The van der Waals surface area contributed by atoms with Gasteiger partial charge in [0, 0.05) is 95.5 Å². The molecule has 1 aliphatic rings. The number of nitrogens with zero attached hydrogens (tertiary/aromatic N) is 7. The van der Waals surface area contributed by atoms with Gasteiger partial charge in [-0.1, -0.05) is 93.0 Å². The van der Waals surface area contributed by atoms with Crippen LogP contribution in [0.25, 0.3) is 10.9 Å². The molecule has 1 aliphatic heterocycles. The minimum Gasteiger partial charge on any atom is -0.508 e. The number of nitrogens with two attached hydrogens (primary N) is 9. The Bertz CT molecular complexity index is 5400. The number of guanidine groups is 2. The first-order valence-corrected chi connectivity index (χ1v) is 49.4. The SMILES string of the molecule is CC(C)C[C@H](C)C(=O)N[C@H](C(=O)N[C@H](C(=O)N[C@@H](CCCN=C(N)N)C(=O)N[C@@H](CCC(N)=O)C(=O)N[C@@H](CCCN=C(N)N)C(=O)N[C@@H](Cc1ccc(O)cc1)C(N)=O)[C@@H](C)O)C(C)C.CC[C@H](C)[C@H](N)C(=O)N[C@@H](CCCCN)C(=O)N1CCN(c2ccc3ncn(CC(=O)N[C@@H](C)C(=O)N[C@@H](Cc4cnc[nH]4)C(=O)N[C@@H](Cc4ccc(O)cc4)C(=O)N[C@@H](CC(C)C)C(=O)N[C@@H](CC(N)=O)C(=O)NC)c(=O)c3c2)CC1. The Hall–Kier alpha value is -15.2. The number of piperazine rings is 1. The molecule has 0 bridgehead atoms. The molecule has 0 saturated carbocycles. The van der Waals surface area contributed by atoms with Crippen molar-refractivity contribution in [3.8, 4) is 11.5 Å². The number of hydrogen-bond acceptors (Lipinski definition) is 28. The second-order valence-corrected chi connectivity index (χ2v) is 38.0. The van der Waals surface area contributed by atoms with Gasteiger partial charge in [-0.3, -0.25) is 101 Å². The van der Waals surface area contributed by atoms with Crippen LogP contribution in [0.15, 0.2) is 100 Å². The van der Waals surface area contributed by atoms with Crippen LogP contribution in [0.2, 0.25) is 0 Å². The van der Waals surface area contributed by atoms with E-state index in [1.165, 1.54) is 88.3 Å². The molecule has 0 aliphatic carbocycles. The highest BCUT2D eigenvalue weighted by molar-refractivity contribution is 6.00. The molecule has 51 heteroatoms. The predicted molar refractivity (Wildman–Crippen MR) is 550 cm³/mol. The van der Waals surface area contributed by atoms with Crippen molar-refractivity contribution in [2.75, 3.05) is 57.8 Å². The van der Waals surface area contributed by atoms with Crippen LogP contribution in [0.4, 0.5) is 5.69 Å². The molecule has 0 spiro atoms. The van der Waals surface area contributed by atoms with Crippen LogP contribution in [-0.4, -0.2) is 290 Å². The molecular formula is C97H152N30O21. The number of aliphatic hydroxyl groups excluding tert-OH is 1. The molecule has 16 atom stereocenters. The molecule has 1 saturated heterocycles. The second kappa shape index (κ2) is 62.0. The van der Waals surface area contributed by atoms with E-state index in [0.29, 0.717) is 92.9 Å². The molecular weight excluding hydrogens is 1920 g/mol. The van der Waals surface area contributed by atoms with Crippen molar-refractivity contribution in [3.05, 3.63) is 113 Å². The first-order valence-electron chi connectivity index (χ1n) is 49.4. The fraction of sp³-hybridized carbons (Fsp3) is 0.567. The summed E-state index contributed by atoms with van der Waals surface area (Å²) in [7, 11) is 1.31. The lowest BCUT2D eigenvalue weighted by atomic mass is 9.96. The Balaban J connectivity index is 0.000000534. The minimum absolute atomic E-state index is 0.00479. The average molecular weight is 2070 g/mol. The summed E-state index contributed by atoms with van der Waals surface area (Å²) >= 11 is 0. The van der Waals surface area contributed by atoms with Crippen molar-refractivity contribution in [1.82, 2.24) is 93.5 Å². The number of likely N-dealkylation sites (N-methyl/N-ethyl adjacent to an activating group) is 1. The van der Waals surface area contributed by atoms with Crippen molar-refractivity contribution >= 4 is 129 Å². The van der Waals surface area contributed by atoms with Gasteiger partial charge in [-0.25, -0.2) is 9.97 Å². The zero-order chi connectivity index (χ0) is 110. The number of carbonyl (C=O) groups is 17. The molecule has 0 unspecified atom stereocenters. The third kappa shape index (κ3) is 42.5. The first kappa shape index (κ1) is 123. The Morgan fingerprint density at radius 3 is 1.45 bits per heavy atom. The van der Waals surface area contributed by atoms with Crippen LogP contribution in [-0.2, 0) is 107 Å². The summed E-state index contributed by atoms with van der Waals surface area (Å²) in [5.41, 5.74) is 52.0. The van der Waals surface area contributed by atoms with Crippen molar-refractivity contribution in [2.45, 2.75) is 270 Å². The fourth-order valence-corrected chi connectivity index (χ4v) is 15.8. The van der Waals surface area contributed by atoms with Gasteiger partial charge >= 0.3 is 0 Å². The number of benzene rings is 3.